The van der Waals surface area contributed by atoms with E-state index >= 15 is 0 Å². The topological polar surface area (TPSA) is 64.3 Å². The third kappa shape index (κ3) is 5.90. The molecule has 0 saturated heterocycles. The van der Waals surface area contributed by atoms with Crippen molar-refractivity contribution in [1.82, 2.24) is 5.32 Å². The van der Waals surface area contributed by atoms with Crippen LogP contribution in [0.15, 0.2) is 0 Å². The maximum absolute atomic E-state index is 11.2. The third-order valence-corrected chi connectivity index (χ3v) is 2.31. The molecule has 1 unspecified atom stereocenters. The van der Waals surface area contributed by atoms with Crippen LogP contribution in [0.25, 0.3) is 0 Å². The highest BCUT2D eigenvalue weighted by Crippen LogP contribution is 1.94. The van der Waals surface area contributed by atoms with Gasteiger partial charge in [-0.05, 0) is 18.4 Å². The summed E-state index contributed by atoms with van der Waals surface area (Å²) in [5.74, 6) is 0.937. The van der Waals surface area contributed by atoms with Crippen LogP contribution in [0.5, 0.6) is 0 Å². The van der Waals surface area contributed by atoms with Crippen molar-refractivity contribution >= 4 is 17.7 Å². The molecule has 3 N–H and O–H groups in total. The Hall–Kier alpha value is -0.260. The van der Waals surface area contributed by atoms with E-state index in [1.807, 2.05) is 6.26 Å². The van der Waals surface area contributed by atoms with E-state index in [4.69, 9.17) is 10.5 Å². The number of nitrogens with one attached hydrogen (secondary N) is 1. The predicted molar refractivity (Wildman–Crippen MR) is 55.9 cm³/mol. The molecule has 0 aliphatic heterocycles. The van der Waals surface area contributed by atoms with E-state index in [2.05, 4.69) is 5.32 Å². The van der Waals surface area contributed by atoms with Gasteiger partial charge in [0.25, 0.3) is 0 Å². The Balaban J connectivity index is 3.48. The lowest BCUT2D eigenvalue weighted by atomic mass is 10.3. The van der Waals surface area contributed by atoms with Gasteiger partial charge in [-0.2, -0.15) is 11.8 Å². The van der Waals surface area contributed by atoms with Crippen molar-refractivity contribution in [3.05, 3.63) is 0 Å². The van der Waals surface area contributed by atoms with Crippen LogP contribution in [-0.2, 0) is 9.53 Å². The van der Waals surface area contributed by atoms with Crippen LogP contribution in [0.3, 0.4) is 0 Å². The molecule has 0 aromatic heterocycles. The van der Waals surface area contributed by atoms with Gasteiger partial charge in [0.15, 0.2) is 0 Å². The first-order chi connectivity index (χ1) is 6.26. The van der Waals surface area contributed by atoms with E-state index in [0.29, 0.717) is 6.54 Å². The fourth-order valence-corrected chi connectivity index (χ4v) is 1.29. The third-order valence-electron chi connectivity index (χ3n) is 1.62. The predicted octanol–water partition coefficient (Wildman–Crippen LogP) is -0.171. The van der Waals surface area contributed by atoms with Crippen molar-refractivity contribution < 1.29 is 9.53 Å². The van der Waals surface area contributed by atoms with Gasteiger partial charge < -0.3 is 15.8 Å². The zero-order valence-corrected chi connectivity index (χ0v) is 9.02. The van der Waals surface area contributed by atoms with Gasteiger partial charge in [-0.3, -0.25) is 4.79 Å². The van der Waals surface area contributed by atoms with Gasteiger partial charge in [-0.1, -0.05) is 0 Å². The van der Waals surface area contributed by atoms with Crippen LogP contribution in [0.2, 0.25) is 0 Å². The first kappa shape index (κ1) is 12.7. The summed E-state index contributed by atoms with van der Waals surface area (Å²) in [4.78, 5) is 11.2. The molecule has 0 radical (unpaired) electrons. The molecule has 0 spiro atoms. The number of ether oxygens (including phenoxy) is 1. The highest BCUT2D eigenvalue weighted by Gasteiger charge is 2.13. The summed E-state index contributed by atoms with van der Waals surface area (Å²) in [6, 6.07) is 0. The Bertz CT molecular complexity index is 140. The summed E-state index contributed by atoms with van der Waals surface area (Å²) in [5.41, 5.74) is 5.32. The second kappa shape index (κ2) is 8.34. The van der Waals surface area contributed by atoms with E-state index in [9.17, 15) is 4.79 Å². The number of thioether (sulfide) groups is 1. The summed E-state index contributed by atoms with van der Waals surface area (Å²) in [6.07, 6.45) is 2.52. The molecule has 0 aromatic carbocycles. The molecule has 1 amide bonds. The monoisotopic (exact) mass is 206 g/mol. The lowest BCUT2D eigenvalue weighted by Gasteiger charge is -2.12. The average Bonchev–Trinajstić information content (AvgIpc) is 2.14. The van der Waals surface area contributed by atoms with Gasteiger partial charge in [-0.15, -0.1) is 0 Å². The normalized spacial score (nSPS) is 12.5. The molecule has 4 nitrogen and oxygen atoms in total. The number of carbonyl (C=O) groups excluding carboxylic acids is 1. The maximum atomic E-state index is 11.2. The highest BCUT2D eigenvalue weighted by atomic mass is 32.2. The lowest BCUT2D eigenvalue weighted by Crippen LogP contribution is -2.41. The molecule has 0 aliphatic rings. The minimum absolute atomic E-state index is 0.119. The zero-order valence-electron chi connectivity index (χ0n) is 8.21. The Morgan fingerprint density at radius 1 is 1.69 bits per heavy atom. The number of hydrogen-bond donors (Lipinski definition) is 2. The van der Waals surface area contributed by atoms with Gasteiger partial charge in [0, 0.05) is 20.2 Å². The smallest absolute Gasteiger partial charge is 0.250 e. The molecule has 0 rings (SSSR count). The molecule has 13 heavy (non-hydrogen) atoms. The molecule has 0 bridgehead atoms. The van der Waals surface area contributed by atoms with Crippen LogP contribution in [-0.4, -0.2) is 44.2 Å². The molecule has 78 valence electrons. The summed E-state index contributed by atoms with van der Waals surface area (Å²) < 4.78 is 4.88. The Labute approximate surface area is 83.6 Å². The molecule has 5 heteroatoms. The summed E-state index contributed by atoms with van der Waals surface area (Å²) in [7, 11) is 1.49. The van der Waals surface area contributed by atoms with E-state index in [-0.39, 0.29) is 12.5 Å². The molecule has 0 saturated carbocycles. The first-order valence-corrected chi connectivity index (χ1v) is 5.65. The van der Waals surface area contributed by atoms with E-state index in [1.54, 1.807) is 11.8 Å². The standard InChI is InChI=1S/C8H18N2O2S/c1-12-7(6-9)8(11)10-4-3-5-13-2/h7H,3-6,9H2,1-2H3,(H,10,11). The second-order valence-electron chi connectivity index (χ2n) is 2.60. The Morgan fingerprint density at radius 2 is 2.38 bits per heavy atom. The van der Waals surface area contributed by atoms with Crippen molar-refractivity contribution in [2.75, 3.05) is 32.2 Å². The average molecular weight is 206 g/mol. The van der Waals surface area contributed by atoms with Gasteiger partial charge in [0.05, 0.1) is 0 Å². The van der Waals surface area contributed by atoms with Gasteiger partial charge in [0.2, 0.25) is 5.91 Å². The molecule has 1 atom stereocenters. The van der Waals surface area contributed by atoms with Crippen LogP contribution < -0.4 is 11.1 Å². The molecular formula is C8H18N2O2S. The van der Waals surface area contributed by atoms with Crippen molar-refractivity contribution in [3.8, 4) is 0 Å². The van der Waals surface area contributed by atoms with Crippen LogP contribution in [0, 0.1) is 0 Å². The number of rotatable bonds is 7. The molecule has 0 fully saturated rings. The lowest BCUT2D eigenvalue weighted by molar-refractivity contribution is -0.130. The van der Waals surface area contributed by atoms with Gasteiger partial charge in [-0.25, -0.2) is 0 Å². The number of methoxy groups -OCH3 is 1. The van der Waals surface area contributed by atoms with Crippen LogP contribution in [0.4, 0.5) is 0 Å². The Morgan fingerprint density at radius 3 is 2.85 bits per heavy atom. The first-order valence-electron chi connectivity index (χ1n) is 4.25. The number of hydrogen-bond acceptors (Lipinski definition) is 4. The Kier molecular flexibility index (Phi) is 8.18. The molecular weight excluding hydrogens is 188 g/mol. The fourth-order valence-electron chi connectivity index (χ4n) is 0.852. The highest BCUT2D eigenvalue weighted by molar-refractivity contribution is 7.98. The number of nitrogens with two attached hydrogens (primary N) is 1. The summed E-state index contributed by atoms with van der Waals surface area (Å²) in [5, 5.41) is 2.76. The van der Waals surface area contributed by atoms with E-state index < -0.39 is 6.10 Å². The van der Waals surface area contributed by atoms with Crippen molar-refractivity contribution in [2.45, 2.75) is 12.5 Å². The number of amides is 1. The summed E-state index contributed by atoms with van der Waals surface area (Å²) in [6.45, 7) is 0.921. The van der Waals surface area contributed by atoms with Crippen LogP contribution >= 0.6 is 11.8 Å². The quantitative estimate of drug-likeness (QED) is 0.568. The summed E-state index contributed by atoms with van der Waals surface area (Å²) >= 11 is 1.77. The molecule has 0 aromatic rings. The largest absolute Gasteiger partial charge is 0.370 e. The zero-order chi connectivity index (χ0) is 10.1. The SMILES string of the molecule is COC(CN)C(=O)NCCCSC. The van der Waals surface area contributed by atoms with Crippen molar-refractivity contribution in [3.63, 3.8) is 0 Å². The molecule has 0 heterocycles. The van der Waals surface area contributed by atoms with E-state index in [1.165, 1.54) is 7.11 Å². The minimum atomic E-state index is -0.505. The fraction of sp³-hybridized carbons (Fsp3) is 0.875. The van der Waals surface area contributed by atoms with Crippen molar-refractivity contribution in [1.29, 1.82) is 0 Å². The van der Waals surface area contributed by atoms with E-state index in [0.717, 1.165) is 12.2 Å². The second-order valence-corrected chi connectivity index (χ2v) is 3.58. The number of carbonyl (C=O) groups is 1. The maximum Gasteiger partial charge on any atom is 0.250 e. The minimum Gasteiger partial charge on any atom is -0.370 e. The molecule has 0 aliphatic carbocycles. The van der Waals surface area contributed by atoms with Crippen molar-refractivity contribution in [2.24, 2.45) is 5.73 Å². The van der Waals surface area contributed by atoms with Gasteiger partial charge in [0.1, 0.15) is 6.10 Å². The van der Waals surface area contributed by atoms with Gasteiger partial charge >= 0.3 is 0 Å². The van der Waals surface area contributed by atoms with Crippen LogP contribution in [0.1, 0.15) is 6.42 Å².